The number of benzene rings is 2. The third kappa shape index (κ3) is 3.34. The highest BCUT2D eigenvalue weighted by atomic mass is 79.9. The molecule has 0 amide bonds. The Kier molecular flexibility index (Phi) is 4.39. The lowest BCUT2D eigenvalue weighted by Gasteiger charge is -2.14. The summed E-state index contributed by atoms with van der Waals surface area (Å²) in [5.74, 6) is 0.826. The lowest BCUT2D eigenvalue weighted by atomic mass is 10.1. The zero-order valence-electron chi connectivity index (χ0n) is 10.3. The summed E-state index contributed by atoms with van der Waals surface area (Å²) in [6, 6.07) is 15.9. The summed E-state index contributed by atoms with van der Waals surface area (Å²) in [5, 5.41) is 0. The van der Waals surface area contributed by atoms with Gasteiger partial charge < -0.3 is 10.5 Å². The van der Waals surface area contributed by atoms with Gasteiger partial charge in [-0.15, -0.1) is 0 Å². The van der Waals surface area contributed by atoms with Crippen LogP contribution in [0.5, 0.6) is 5.75 Å². The van der Waals surface area contributed by atoms with Gasteiger partial charge in [-0.1, -0.05) is 36.4 Å². The molecule has 0 bridgehead atoms. The van der Waals surface area contributed by atoms with E-state index in [0.29, 0.717) is 6.61 Å². The summed E-state index contributed by atoms with van der Waals surface area (Å²) in [5.41, 5.74) is 8.36. The number of aryl methyl sites for hydroxylation is 1. The molecule has 94 valence electrons. The quantitative estimate of drug-likeness (QED) is 0.931. The molecule has 18 heavy (non-hydrogen) atoms. The van der Waals surface area contributed by atoms with Gasteiger partial charge in [0, 0.05) is 0 Å². The van der Waals surface area contributed by atoms with Gasteiger partial charge in [-0.05, 0) is 46.1 Å². The Morgan fingerprint density at radius 3 is 2.56 bits per heavy atom. The summed E-state index contributed by atoms with van der Waals surface area (Å²) in [6.45, 7) is 2.51. The van der Waals surface area contributed by atoms with Crippen LogP contribution in [0.3, 0.4) is 0 Å². The maximum Gasteiger partial charge on any atom is 0.133 e. The van der Waals surface area contributed by atoms with Crippen LogP contribution in [-0.4, -0.2) is 6.61 Å². The van der Waals surface area contributed by atoms with Gasteiger partial charge in [0.1, 0.15) is 12.4 Å². The van der Waals surface area contributed by atoms with Crippen LogP contribution in [0.4, 0.5) is 0 Å². The minimum Gasteiger partial charge on any atom is -0.490 e. The highest BCUT2D eigenvalue weighted by molar-refractivity contribution is 9.10. The van der Waals surface area contributed by atoms with E-state index >= 15 is 0 Å². The highest BCUT2D eigenvalue weighted by Gasteiger charge is 2.07. The molecule has 2 nitrogen and oxygen atoms in total. The predicted molar refractivity (Wildman–Crippen MR) is 77.7 cm³/mol. The molecule has 0 saturated carbocycles. The average molecular weight is 306 g/mol. The minimum absolute atomic E-state index is 0.112. The van der Waals surface area contributed by atoms with E-state index in [-0.39, 0.29) is 6.04 Å². The highest BCUT2D eigenvalue weighted by Crippen LogP contribution is 2.26. The normalized spacial score (nSPS) is 12.2. The van der Waals surface area contributed by atoms with Crippen molar-refractivity contribution in [2.75, 3.05) is 6.61 Å². The van der Waals surface area contributed by atoms with Crippen molar-refractivity contribution in [3.05, 3.63) is 64.1 Å². The number of ether oxygens (including phenoxy) is 1. The van der Waals surface area contributed by atoms with Crippen LogP contribution in [0.15, 0.2) is 53.0 Å². The van der Waals surface area contributed by atoms with Gasteiger partial charge in [0.15, 0.2) is 0 Å². The van der Waals surface area contributed by atoms with Crippen molar-refractivity contribution in [1.82, 2.24) is 0 Å². The van der Waals surface area contributed by atoms with Crippen molar-refractivity contribution in [3.63, 3.8) is 0 Å². The summed E-state index contributed by atoms with van der Waals surface area (Å²) in [4.78, 5) is 0. The van der Waals surface area contributed by atoms with Gasteiger partial charge in [-0.25, -0.2) is 0 Å². The Morgan fingerprint density at radius 1 is 1.17 bits per heavy atom. The summed E-state index contributed by atoms with van der Waals surface area (Å²) in [7, 11) is 0. The molecule has 1 atom stereocenters. The van der Waals surface area contributed by atoms with E-state index in [4.69, 9.17) is 10.5 Å². The molecule has 0 spiro atoms. The maximum atomic E-state index is 6.08. The first-order valence-corrected chi connectivity index (χ1v) is 6.65. The molecule has 0 aliphatic rings. The molecule has 1 unspecified atom stereocenters. The summed E-state index contributed by atoms with van der Waals surface area (Å²) < 4.78 is 6.70. The molecule has 2 N–H and O–H groups in total. The second kappa shape index (κ2) is 6.03. The zero-order valence-corrected chi connectivity index (χ0v) is 11.9. The number of hydrogen-bond acceptors (Lipinski definition) is 2. The lowest BCUT2D eigenvalue weighted by Crippen LogP contribution is -2.18. The van der Waals surface area contributed by atoms with E-state index in [2.05, 4.69) is 15.9 Å². The first-order chi connectivity index (χ1) is 8.66. The Balaban J connectivity index is 1.99. The first-order valence-electron chi connectivity index (χ1n) is 5.86. The second-order valence-electron chi connectivity index (χ2n) is 4.26. The molecule has 2 rings (SSSR count). The molecular weight excluding hydrogens is 290 g/mol. The van der Waals surface area contributed by atoms with Gasteiger partial charge >= 0.3 is 0 Å². The SMILES string of the molecule is Cc1ccc(OCC(N)c2ccccc2)c(Br)c1. The molecule has 0 aromatic heterocycles. The molecule has 2 aromatic rings. The summed E-state index contributed by atoms with van der Waals surface area (Å²) in [6.07, 6.45) is 0. The molecule has 0 fully saturated rings. The van der Waals surface area contributed by atoms with E-state index in [9.17, 15) is 0 Å². The maximum absolute atomic E-state index is 6.08. The molecular formula is C15H16BrNO. The molecule has 0 aliphatic heterocycles. The van der Waals surface area contributed by atoms with Crippen LogP contribution in [0.1, 0.15) is 17.2 Å². The topological polar surface area (TPSA) is 35.2 Å². The Labute approximate surface area is 116 Å². The van der Waals surface area contributed by atoms with E-state index in [0.717, 1.165) is 15.8 Å². The van der Waals surface area contributed by atoms with Crippen LogP contribution < -0.4 is 10.5 Å². The Bertz CT molecular complexity index is 513. The van der Waals surface area contributed by atoms with E-state index in [1.165, 1.54) is 5.56 Å². The fourth-order valence-electron chi connectivity index (χ4n) is 1.70. The van der Waals surface area contributed by atoms with Gasteiger partial charge in [0.05, 0.1) is 10.5 Å². The van der Waals surface area contributed by atoms with Crippen molar-refractivity contribution in [3.8, 4) is 5.75 Å². The second-order valence-corrected chi connectivity index (χ2v) is 5.12. The van der Waals surface area contributed by atoms with E-state index in [1.54, 1.807) is 0 Å². The van der Waals surface area contributed by atoms with Crippen LogP contribution >= 0.6 is 15.9 Å². The fraction of sp³-hybridized carbons (Fsp3) is 0.200. The van der Waals surface area contributed by atoms with Crippen LogP contribution in [0.2, 0.25) is 0 Å². The number of hydrogen-bond donors (Lipinski definition) is 1. The molecule has 0 saturated heterocycles. The van der Waals surface area contributed by atoms with Crippen molar-refractivity contribution >= 4 is 15.9 Å². The van der Waals surface area contributed by atoms with Gasteiger partial charge in [-0.2, -0.15) is 0 Å². The zero-order chi connectivity index (χ0) is 13.0. The average Bonchev–Trinajstić information content (AvgIpc) is 2.38. The lowest BCUT2D eigenvalue weighted by molar-refractivity contribution is 0.289. The predicted octanol–water partition coefficient (Wildman–Crippen LogP) is 3.84. The fourth-order valence-corrected chi connectivity index (χ4v) is 2.31. The monoisotopic (exact) mass is 305 g/mol. The van der Waals surface area contributed by atoms with Crippen molar-refractivity contribution in [2.24, 2.45) is 5.73 Å². The first kappa shape index (κ1) is 13.1. The Hall–Kier alpha value is -1.32. The van der Waals surface area contributed by atoms with E-state index in [1.807, 2.05) is 55.5 Å². The molecule has 0 heterocycles. The van der Waals surface area contributed by atoms with Crippen LogP contribution in [-0.2, 0) is 0 Å². The Morgan fingerprint density at radius 2 is 1.89 bits per heavy atom. The third-order valence-electron chi connectivity index (χ3n) is 2.73. The molecule has 0 radical (unpaired) electrons. The molecule has 3 heteroatoms. The number of halogens is 1. The molecule has 0 aliphatic carbocycles. The molecule has 2 aromatic carbocycles. The third-order valence-corrected chi connectivity index (χ3v) is 3.35. The van der Waals surface area contributed by atoms with Gasteiger partial charge in [-0.3, -0.25) is 0 Å². The van der Waals surface area contributed by atoms with Gasteiger partial charge in [0.25, 0.3) is 0 Å². The van der Waals surface area contributed by atoms with Crippen molar-refractivity contribution in [1.29, 1.82) is 0 Å². The van der Waals surface area contributed by atoms with Crippen molar-refractivity contribution in [2.45, 2.75) is 13.0 Å². The summed E-state index contributed by atoms with van der Waals surface area (Å²) >= 11 is 3.49. The van der Waals surface area contributed by atoms with Gasteiger partial charge in [0.2, 0.25) is 0 Å². The van der Waals surface area contributed by atoms with Crippen molar-refractivity contribution < 1.29 is 4.74 Å². The smallest absolute Gasteiger partial charge is 0.133 e. The number of nitrogens with two attached hydrogens (primary N) is 1. The largest absolute Gasteiger partial charge is 0.490 e. The van der Waals surface area contributed by atoms with Crippen LogP contribution in [0, 0.1) is 6.92 Å². The van der Waals surface area contributed by atoms with Crippen LogP contribution in [0.25, 0.3) is 0 Å². The minimum atomic E-state index is -0.112. The number of rotatable bonds is 4. The standard InChI is InChI=1S/C15H16BrNO/c1-11-7-8-15(13(16)9-11)18-10-14(17)12-5-3-2-4-6-12/h2-9,14H,10,17H2,1H3. The van der Waals surface area contributed by atoms with E-state index < -0.39 is 0 Å².